The molecule has 0 radical (unpaired) electrons. The minimum atomic E-state index is -0.491. The van der Waals surface area contributed by atoms with E-state index in [2.05, 4.69) is 9.88 Å². The number of likely N-dealkylation sites (tertiary alicyclic amines) is 1. The summed E-state index contributed by atoms with van der Waals surface area (Å²) in [5.41, 5.74) is 2.70. The number of rotatable bonds is 3. The third-order valence-electron chi connectivity index (χ3n) is 6.30. The van der Waals surface area contributed by atoms with Crippen LogP contribution in [0.4, 0.5) is 10.3 Å². The van der Waals surface area contributed by atoms with E-state index in [1.54, 1.807) is 23.2 Å². The number of amides is 1. The Bertz CT molecular complexity index is 1050. The summed E-state index contributed by atoms with van der Waals surface area (Å²) in [6, 6.07) is 6.60. The highest BCUT2D eigenvalue weighted by Crippen LogP contribution is 2.40. The minimum absolute atomic E-state index is 0.0698. The monoisotopic (exact) mass is 407 g/mol. The van der Waals surface area contributed by atoms with Gasteiger partial charge < -0.3 is 4.74 Å². The molecule has 5 rings (SSSR count). The van der Waals surface area contributed by atoms with Gasteiger partial charge >= 0.3 is 0 Å². The van der Waals surface area contributed by atoms with Crippen LogP contribution in [0.2, 0.25) is 0 Å². The Morgan fingerprint density at radius 3 is 3.03 bits per heavy atom. The highest BCUT2D eigenvalue weighted by molar-refractivity contribution is 5.93. The van der Waals surface area contributed by atoms with Crippen molar-refractivity contribution in [1.29, 1.82) is 5.26 Å². The Balaban J connectivity index is 1.40. The Labute approximate surface area is 174 Å². The van der Waals surface area contributed by atoms with Crippen molar-refractivity contribution in [2.45, 2.75) is 37.8 Å². The number of hydrogen-bond acceptors (Lipinski definition) is 6. The molecular formula is C22H22FN5O2. The average molecular weight is 407 g/mol. The van der Waals surface area contributed by atoms with E-state index in [0.717, 1.165) is 42.8 Å². The fourth-order valence-corrected chi connectivity index (χ4v) is 4.80. The van der Waals surface area contributed by atoms with Crippen LogP contribution in [-0.2, 0) is 28.1 Å². The van der Waals surface area contributed by atoms with Crippen molar-refractivity contribution in [2.75, 3.05) is 31.1 Å². The van der Waals surface area contributed by atoms with E-state index < -0.39 is 5.82 Å². The molecule has 2 saturated heterocycles. The van der Waals surface area contributed by atoms with Gasteiger partial charge in [-0.2, -0.15) is 5.26 Å². The summed E-state index contributed by atoms with van der Waals surface area (Å²) < 4.78 is 19.5. The fraction of sp³-hybridized carbons (Fsp3) is 0.455. The molecule has 30 heavy (non-hydrogen) atoms. The third-order valence-corrected chi connectivity index (χ3v) is 6.30. The van der Waals surface area contributed by atoms with Gasteiger partial charge in [-0.05, 0) is 37.1 Å². The first kappa shape index (κ1) is 19.1. The molecule has 3 aliphatic rings. The lowest BCUT2D eigenvalue weighted by Crippen LogP contribution is -2.41. The maximum Gasteiger partial charge on any atom is 0.232 e. The van der Waals surface area contributed by atoms with Gasteiger partial charge in [0.2, 0.25) is 11.9 Å². The van der Waals surface area contributed by atoms with Gasteiger partial charge in [-0.3, -0.25) is 14.6 Å². The van der Waals surface area contributed by atoms with Gasteiger partial charge in [0.05, 0.1) is 29.9 Å². The molecule has 1 aromatic carbocycles. The van der Waals surface area contributed by atoms with E-state index in [9.17, 15) is 9.18 Å². The fourth-order valence-electron chi connectivity index (χ4n) is 4.80. The zero-order valence-corrected chi connectivity index (χ0v) is 16.6. The number of aromatic nitrogens is 2. The number of hydrogen-bond donors (Lipinski definition) is 0. The SMILES string of the molecule is N#Cc1cc(CN2CCC3(COCc4cnc(N5CCCC5=O)nc43)C2)ccc1F. The van der Waals surface area contributed by atoms with Gasteiger partial charge in [-0.25, -0.2) is 14.4 Å². The topological polar surface area (TPSA) is 82.4 Å². The molecule has 1 atom stereocenters. The quantitative estimate of drug-likeness (QED) is 0.777. The molecule has 0 aliphatic carbocycles. The maximum atomic E-state index is 13.6. The lowest BCUT2D eigenvalue weighted by atomic mass is 9.80. The predicted octanol–water partition coefficient (Wildman–Crippen LogP) is 2.29. The number of ether oxygens (including phenoxy) is 1. The summed E-state index contributed by atoms with van der Waals surface area (Å²) in [6.45, 7) is 3.96. The van der Waals surface area contributed by atoms with E-state index in [1.807, 2.05) is 6.07 Å². The molecular weight excluding hydrogens is 385 g/mol. The normalized spacial score (nSPS) is 23.7. The van der Waals surface area contributed by atoms with Crippen LogP contribution in [0, 0.1) is 17.1 Å². The second-order valence-corrected chi connectivity index (χ2v) is 8.35. The van der Waals surface area contributed by atoms with Crippen LogP contribution in [0.25, 0.3) is 0 Å². The number of nitrogens with zero attached hydrogens (tertiary/aromatic N) is 5. The summed E-state index contributed by atoms with van der Waals surface area (Å²) in [6.07, 6.45) is 4.07. The van der Waals surface area contributed by atoms with Gasteiger partial charge in [-0.1, -0.05) is 6.07 Å². The summed E-state index contributed by atoms with van der Waals surface area (Å²) in [5, 5.41) is 9.08. The molecule has 1 unspecified atom stereocenters. The van der Waals surface area contributed by atoms with Gasteiger partial charge in [-0.15, -0.1) is 0 Å². The maximum absolute atomic E-state index is 13.6. The first-order valence-electron chi connectivity index (χ1n) is 10.2. The Morgan fingerprint density at radius 1 is 1.33 bits per heavy atom. The molecule has 3 aliphatic heterocycles. The van der Waals surface area contributed by atoms with E-state index in [1.165, 1.54) is 6.07 Å². The Morgan fingerprint density at radius 2 is 2.23 bits per heavy atom. The zero-order valence-electron chi connectivity index (χ0n) is 16.6. The van der Waals surface area contributed by atoms with Crippen molar-refractivity contribution in [3.05, 3.63) is 52.6 Å². The van der Waals surface area contributed by atoms with Crippen LogP contribution in [0.5, 0.6) is 0 Å². The second-order valence-electron chi connectivity index (χ2n) is 8.35. The molecule has 1 spiro atoms. The Kier molecular flexibility index (Phi) is 4.72. The van der Waals surface area contributed by atoms with Crippen LogP contribution >= 0.6 is 0 Å². The van der Waals surface area contributed by atoms with E-state index in [-0.39, 0.29) is 16.9 Å². The highest BCUT2D eigenvalue weighted by atomic mass is 19.1. The molecule has 4 heterocycles. The molecule has 154 valence electrons. The third kappa shape index (κ3) is 3.24. The number of halogens is 1. The number of benzene rings is 1. The van der Waals surface area contributed by atoms with Gasteiger partial charge in [0.25, 0.3) is 0 Å². The molecule has 2 aromatic rings. The smallest absolute Gasteiger partial charge is 0.232 e. The van der Waals surface area contributed by atoms with Crippen LogP contribution in [0.3, 0.4) is 0 Å². The van der Waals surface area contributed by atoms with Crippen molar-refractivity contribution < 1.29 is 13.9 Å². The van der Waals surface area contributed by atoms with Gasteiger partial charge in [0.15, 0.2) is 0 Å². The van der Waals surface area contributed by atoms with Crippen molar-refractivity contribution in [2.24, 2.45) is 0 Å². The first-order valence-corrected chi connectivity index (χ1v) is 10.2. The van der Waals surface area contributed by atoms with Crippen LogP contribution in [0.15, 0.2) is 24.4 Å². The first-order chi connectivity index (χ1) is 14.6. The molecule has 0 bridgehead atoms. The van der Waals surface area contributed by atoms with Crippen molar-refractivity contribution in [1.82, 2.24) is 14.9 Å². The molecule has 1 aromatic heterocycles. The van der Waals surface area contributed by atoms with Crippen LogP contribution in [0.1, 0.15) is 41.6 Å². The van der Waals surface area contributed by atoms with Crippen LogP contribution < -0.4 is 4.90 Å². The molecule has 0 N–H and O–H groups in total. The number of anilines is 1. The van der Waals surface area contributed by atoms with Crippen molar-refractivity contribution in [3.63, 3.8) is 0 Å². The largest absolute Gasteiger partial charge is 0.376 e. The molecule has 0 saturated carbocycles. The number of carbonyl (C=O) groups excluding carboxylic acids is 1. The number of fused-ring (bicyclic) bond motifs is 2. The van der Waals surface area contributed by atoms with Crippen molar-refractivity contribution >= 4 is 11.9 Å². The lowest BCUT2D eigenvalue weighted by molar-refractivity contribution is -0.117. The van der Waals surface area contributed by atoms with E-state index in [0.29, 0.717) is 38.7 Å². The zero-order chi connectivity index (χ0) is 20.7. The average Bonchev–Trinajstić information content (AvgIpc) is 3.36. The summed E-state index contributed by atoms with van der Waals surface area (Å²) in [4.78, 5) is 25.4. The Hall–Kier alpha value is -2.89. The molecule has 8 heteroatoms. The van der Waals surface area contributed by atoms with Crippen LogP contribution in [-0.4, -0.2) is 47.0 Å². The predicted molar refractivity (Wildman–Crippen MR) is 106 cm³/mol. The molecule has 1 amide bonds. The minimum Gasteiger partial charge on any atom is -0.376 e. The summed E-state index contributed by atoms with van der Waals surface area (Å²) >= 11 is 0. The van der Waals surface area contributed by atoms with Gasteiger partial charge in [0.1, 0.15) is 11.9 Å². The highest BCUT2D eigenvalue weighted by Gasteiger charge is 2.45. The standard InChI is InChI=1S/C22H22FN5O2/c23-18-4-3-15(8-16(18)9-24)11-27-7-5-22(13-27)14-30-12-17-10-25-21(26-20(17)22)28-6-1-2-19(28)29/h3-4,8,10H,1-2,5-7,11-14H2. The summed E-state index contributed by atoms with van der Waals surface area (Å²) in [5.74, 6) is 0.0799. The molecule has 2 fully saturated rings. The lowest BCUT2D eigenvalue weighted by Gasteiger charge is -2.35. The molecule has 7 nitrogen and oxygen atoms in total. The van der Waals surface area contributed by atoms with Crippen molar-refractivity contribution in [3.8, 4) is 6.07 Å². The van der Waals surface area contributed by atoms with E-state index in [4.69, 9.17) is 15.0 Å². The summed E-state index contributed by atoms with van der Waals surface area (Å²) in [7, 11) is 0. The number of nitriles is 1. The second kappa shape index (κ2) is 7.42. The van der Waals surface area contributed by atoms with E-state index >= 15 is 0 Å². The number of carbonyl (C=O) groups is 1. The van der Waals surface area contributed by atoms with Gasteiger partial charge in [0, 0.05) is 37.8 Å².